The van der Waals surface area contributed by atoms with Gasteiger partial charge in [-0.15, -0.1) is 0 Å². The summed E-state index contributed by atoms with van der Waals surface area (Å²) in [6.07, 6.45) is 0. The molecule has 0 aromatic heterocycles. The van der Waals surface area contributed by atoms with Gasteiger partial charge >= 0.3 is 22.6 Å². The van der Waals surface area contributed by atoms with Crippen LogP contribution in [0, 0.1) is 0 Å². The molecule has 36 heavy (non-hydrogen) atoms. The lowest BCUT2D eigenvalue weighted by molar-refractivity contribution is 1.38. The zero-order chi connectivity index (χ0) is 23.9. The number of anilines is 3. The third-order valence-electron chi connectivity index (χ3n) is 6.88. The van der Waals surface area contributed by atoms with Crippen LogP contribution in [0.4, 0.5) is 17.1 Å². The molecule has 0 aliphatic carbocycles. The van der Waals surface area contributed by atoms with Gasteiger partial charge in [0.05, 0.1) is 0 Å². The van der Waals surface area contributed by atoms with E-state index in [9.17, 15) is 0 Å². The minimum Gasteiger partial charge on any atom is -0.430 e. The molecule has 3 nitrogen and oxygen atoms in total. The van der Waals surface area contributed by atoms with Gasteiger partial charge in [-0.3, -0.25) is 0 Å². The van der Waals surface area contributed by atoms with Gasteiger partial charge in [0, 0.05) is 33.2 Å². The maximum atomic E-state index is 2.23. The second-order valence-electron chi connectivity index (χ2n) is 9.06. The van der Waals surface area contributed by atoms with Gasteiger partial charge in [-0.25, -0.2) is 0 Å². The minimum atomic E-state index is 1.14. The fraction of sp³-hybridized carbons (Fsp3) is 0. The third kappa shape index (κ3) is 3.58. The van der Waals surface area contributed by atoms with Crippen molar-refractivity contribution in [3.8, 4) is 0 Å². The Morgan fingerprint density at radius 2 is 0.583 bits per heavy atom. The van der Waals surface area contributed by atoms with E-state index in [2.05, 4.69) is 164 Å². The molecule has 7 rings (SSSR count). The number of benzene rings is 6. The van der Waals surface area contributed by atoms with E-state index in [4.69, 9.17) is 0 Å². The highest BCUT2D eigenvalue weighted by Crippen LogP contribution is 2.34. The Morgan fingerprint density at radius 3 is 0.917 bits per heavy atom. The van der Waals surface area contributed by atoms with Crippen LogP contribution in [0.25, 0.3) is 32.3 Å². The van der Waals surface area contributed by atoms with Crippen molar-refractivity contribution in [3.05, 3.63) is 127 Å². The summed E-state index contributed by atoms with van der Waals surface area (Å²) < 4.78 is 6.68. The van der Waals surface area contributed by atoms with Crippen LogP contribution in [0.3, 0.4) is 0 Å². The largest absolute Gasteiger partial charge is 0.430 e. The van der Waals surface area contributed by atoms with Crippen LogP contribution >= 0.6 is 0 Å². The molecule has 0 amide bonds. The molecule has 0 atom stereocenters. The van der Waals surface area contributed by atoms with Crippen LogP contribution in [-0.4, -0.2) is 22.6 Å². The molecular weight excluding hydrogens is 435 g/mol. The summed E-state index contributed by atoms with van der Waals surface area (Å²) in [5, 5.41) is 7.31. The van der Waals surface area contributed by atoms with E-state index in [-0.39, 0.29) is 0 Å². The van der Waals surface area contributed by atoms with Crippen molar-refractivity contribution >= 4 is 72.0 Å². The monoisotopic (exact) mass is 456 g/mol. The average Bonchev–Trinajstić information content (AvgIpc) is 2.96. The van der Waals surface area contributed by atoms with Crippen molar-refractivity contribution in [2.45, 2.75) is 0 Å². The van der Waals surface area contributed by atoms with E-state index >= 15 is 0 Å². The number of nitrogens with zero attached hydrogens (tertiary/aromatic N) is 3. The topological polar surface area (TPSA) is 9.72 Å². The summed E-state index contributed by atoms with van der Waals surface area (Å²) in [6.45, 7) is 0. The van der Waals surface area contributed by atoms with Gasteiger partial charge in [-0.05, 0) is 34.4 Å². The van der Waals surface area contributed by atoms with Gasteiger partial charge in [-0.1, -0.05) is 109 Å². The van der Waals surface area contributed by atoms with E-state index in [1.807, 2.05) is 0 Å². The minimum absolute atomic E-state index is 1.14. The van der Waals surface area contributed by atoms with E-state index in [1.54, 1.807) is 0 Å². The number of fused-ring (bicyclic) bond motifs is 3. The second kappa shape index (κ2) is 8.73. The van der Waals surface area contributed by atoms with Gasteiger partial charge in [-0.2, -0.15) is 0 Å². The first kappa shape index (κ1) is 21.0. The van der Waals surface area contributed by atoms with Gasteiger partial charge in [0.2, 0.25) is 0 Å². The molecule has 1 heterocycles. The average molecular weight is 456 g/mol. The first-order valence-corrected chi connectivity index (χ1v) is 12.2. The molecular formula is C30H21B3N3. The summed E-state index contributed by atoms with van der Waals surface area (Å²) in [7, 11) is 6.52. The zero-order valence-corrected chi connectivity index (χ0v) is 19.7. The number of hydrogen-bond acceptors (Lipinski definition) is 3. The molecule has 6 aromatic rings. The van der Waals surface area contributed by atoms with Crippen molar-refractivity contribution in [1.29, 1.82) is 0 Å². The Balaban J connectivity index is 1.39. The maximum Gasteiger partial charge on any atom is 0.365 e. The highest BCUT2D eigenvalue weighted by Gasteiger charge is 2.32. The van der Waals surface area contributed by atoms with Crippen LogP contribution in [0.1, 0.15) is 0 Å². The van der Waals surface area contributed by atoms with E-state index in [0.29, 0.717) is 0 Å². The Bertz CT molecular complexity index is 1500. The molecule has 165 valence electrons. The number of hydrogen-bond donors (Lipinski definition) is 0. The van der Waals surface area contributed by atoms with Crippen LogP contribution in [0.5, 0.6) is 0 Å². The summed E-state index contributed by atoms with van der Waals surface area (Å²) in [5.74, 6) is 0. The SMILES string of the molecule is [B]1N(c2cccc3ccccc23)[B]N(c2cccc3ccccc23)[B]N1c1cccc2ccccc12. The number of rotatable bonds is 3. The zero-order valence-electron chi connectivity index (χ0n) is 19.7. The fourth-order valence-corrected chi connectivity index (χ4v) is 5.17. The Morgan fingerprint density at radius 1 is 0.306 bits per heavy atom. The predicted octanol–water partition coefficient (Wildman–Crippen LogP) is 6.58. The highest BCUT2D eigenvalue weighted by atomic mass is 15.3. The Kier molecular flexibility index (Phi) is 5.09. The predicted molar refractivity (Wildman–Crippen MR) is 157 cm³/mol. The molecule has 0 bridgehead atoms. The van der Waals surface area contributed by atoms with Crippen molar-refractivity contribution in [1.82, 2.24) is 0 Å². The normalized spacial score (nSPS) is 13.5. The molecule has 0 spiro atoms. The fourth-order valence-electron chi connectivity index (χ4n) is 5.17. The Labute approximate surface area is 213 Å². The first-order chi connectivity index (χ1) is 17.8. The molecule has 6 aromatic carbocycles. The molecule has 1 aliphatic heterocycles. The molecule has 1 saturated heterocycles. The molecule has 1 fully saturated rings. The summed E-state index contributed by atoms with van der Waals surface area (Å²) in [6, 6.07) is 45.1. The second-order valence-corrected chi connectivity index (χ2v) is 9.06. The Hall–Kier alpha value is -4.31. The van der Waals surface area contributed by atoms with Crippen LogP contribution in [-0.2, 0) is 0 Å². The van der Waals surface area contributed by atoms with E-state index in [0.717, 1.165) is 17.1 Å². The van der Waals surface area contributed by atoms with Crippen LogP contribution in [0.2, 0.25) is 0 Å². The molecule has 1 aliphatic rings. The standard InChI is InChI=1S/C30H21B3N3/c1-4-16-25-22(10-1)13-7-19-28(25)34-31-35(29-20-8-14-23-11-2-5-17-26(23)29)33-36(32-34)30-21-9-15-24-12-3-6-18-27(24)30/h1-21H. The van der Waals surface area contributed by atoms with E-state index in [1.165, 1.54) is 32.3 Å². The lowest BCUT2D eigenvalue weighted by Crippen LogP contribution is -2.62. The van der Waals surface area contributed by atoms with Crippen molar-refractivity contribution < 1.29 is 0 Å². The van der Waals surface area contributed by atoms with E-state index < -0.39 is 0 Å². The third-order valence-corrected chi connectivity index (χ3v) is 6.88. The highest BCUT2D eigenvalue weighted by molar-refractivity contribution is 6.87. The smallest absolute Gasteiger partial charge is 0.365 e. The molecule has 3 radical (unpaired) electrons. The first-order valence-electron chi connectivity index (χ1n) is 12.2. The lowest BCUT2D eigenvalue weighted by Gasteiger charge is -2.43. The van der Waals surface area contributed by atoms with Crippen molar-refractivity contribution in [2.24, 2.45) is 0 Å². The molecule has 0 unspecified atom stereocenters. The summed E-state index contributed by atoms with van der Waals surface area (Å²) >= 11 is 0. The van der Waals surface area contributed by atoms with Crippen LogP contribution in [0.15, 0.2) is 127 Å². The van der Waals surface area contributed by atoms with Gasteiger partial charge in [0.1, 0.15) is 0 Å². The maximum absolute atomic E-state index is 2.23. The lowest BCUT2D eigenvalue weighted by atomic mass is 9.71. The van der Waals surface area contributed by atoms with Crippen molar-refractivity contribution in [2.75, 3.05) is 14.2 Å². The summed E-state index contributed by atoms with van der Waals surface area (Å²) in [5.41, 5.74) is 3.41. The van der Waals surface area contributed by atoms with Gasteiger partial charge < -0.3 is 14.2 Å². The van der Waals surface area contributed by atoms with Crippen LogP contribution < -0.4 is 14.2 Å². The quantitative estimate of drug-likeness (QED) is 0.279. The van der Waals surface area contributed by atoms with Gasteiger partial charge in [0.15, 0.2) is 0 Å². The summed E-state index contributed by atoms with van der Waals surface area (Å²) in [4.78, 5) is 0. The molecule has 6 heteroatoms. The molecule has 0 N–H and O–H groups in total. The van der Waals surface area contributed by atoms with Crippen molar-refractivity contribution in [3.63, 3.8) is 0 Å². The van der Waals surface area contributed by atoms with Gasteiger partial charge in [0.25, 0.3) is 0 Å². The molecule has 0 saturated carbocycles.